The lowest BCUT2D eigenvalue weighted by Gasteiger charge is -2.17. The highest BCUT2D eigenvalue weighted by Gasteiger charge is 2.16. The first-order chi connectivity index (χ1) is 15.0. The van der Waals surface area contributed by atoms with Gasteiger partial charge in [-0.1, -0.05) is 18.2 Å². The molecule has 2 heterocycles. The van der Waals surface area contributed by atoms with Crippen molar-refractivity contribution in [2.45, 2.75) is 6.54 Å². The summed E-state index contributed by atoms with van der Waals surface area (Å²) >= 11 is 0. The fourth-order valence-corrected chi connectivity index (χ4v) is 3.40. The van der Waals surface area contributed by atoms with E-state index in [1.165, 1.54) is 0 Å². The largest absolute Gasteiger partial charge is 0.396 e. The van der Waals surface area contributed by atoms with Gasteiger partial charge in [0.05, 0.1) is 29.0 Å². The van der Waals surface area contributed by atoms with Crippen molar-refractivity contribution in [1.29, 1.82) is 0 Å². The minimum Gasteiger partial charge on any atom is -0.396 e. The van der Waals surface area contributed by atoms with E-state index in [2.05, 4.69) is 20.3 Å². The predicted octanol–water partition coefficient (Wildman–Crippen LogP) is 2.44. The van der Waals surface area contributed by atoms with Crippen LogP contribution in [-0.4, -0.2) is 53.2 Å². The fraction of sp³-hybridized carbons (Fsp3) is 0.227. The molecule has 0 saturated carbocycles. The third kappa shape index (κ3) is 4.08. The van der Waals surface area contributed by atoms with Crippen molar-refractivity contribution in [3.8, 4) is 11.4 Å². The van der Waals surface area contributed by atoms with E-state index in [9.17, 15) is 9.59 Å². The molecule has 2 aromatic heterocycles. The number of nitrogen functional groups attached to an aromatic ring is 1. The molecule has 0 aliphatic heterocycles. The Kier molecular flexibility index (Phi) is 5.59. The Hall–Kier alpha value is -3.85. The van der Waals surface area contributed by atoms with Crippen LogP contribution < -0.4 is 16.6 Å². The zero-order valence-electron chi connectivity index (χ0n) is 17.4. The standard InChI is InChI=1S/C22H24N6O3/c1-28(9-10-31-2)22(30)24-12-13-7-8-15-14(11-13)18(23)19(25-15)20-21(29)27-17-6-4-3-5-16(17)26-20/h3-8,11,25H,9-10,12,23H2,1-2H3,(H,24,30)(H,27,29). The van der Waals surface area contributed by atoms with Gasteiger partial charge in [-0.2, -0.15) is 0 Å². The maximum Gasteiger partial charge on any atom is 0.317 e. The average Bonchev–Trinajstić information content (AvgIpc) is 3.11. The molecule has 31 heavy (non-hydrogen) atoms. The molecule has 4 rings (SSSR count). The van der Waals surface area contributed by atoms with E-state index in [0.29, 0.717) is 42.1 Å². The minimum absolute atomic E-state index is 0.188. The highest BCUT2D eigenvalue weighted by Crippen LogP contribution is 2.31. The third-order valence-corrected chi connectivity index (χ3v) is 5.16. The van der Waals surface area contributed by atoms with Crippen LogP contribution in [0.5, 0.6) is 0 Å². The molecule has 5 N–H and O–H groups in total. The number of anilines is 1. The number of methoxy groups -OCH3 is 1. The Labute approximate surface area is 178 Å². The smallest absolute Gasteiger partial charge is 0.317 e. The van der Waals surface area contributed by atoms with Gasteiger partial charge in [0.15, 0.2) is 5.69 Å². The molecule has 0 unspecified atom stereocenters. The van der Waals surface area contributed by atoms with Crippen LogP contribution in [0.15, 0.2) is 47.3 Å². The zero-order valence-corrected chi connectivity index (χ0v) is 17.4. The molecule has 0 spiro atoms. The SMILES string of the molecule is COCCN(C)C(=O)NCc1ccc2[nH]c(-c3nc4ccccc4[nH]c3=O)c(N)c2c1. The summed E-state index contributed by atoms with van der Waals surface area (Å²) in [6.45, 7) is 1.32. The minimum atomic E-state index is -0.316. The lowest BCUT2D eigenvalue weighted by Crippen LogP contribution is -2.38. The highest BCUT2D eigenvalue weighted by atomic mass is 16.5. The van der Waals surface area contributed by atoms with Crippen molar-refractivity contribution in [1.82, 2.24) is 25.2 Å². The number of rotatable bonds is 6. The van der Waals surface area contributed by atoms with E-state index in [0.717, 1.165) is 16.5 Å². The van der Waals surface area contributed by atoms with E-state index in [1.54, 1.807) is 25.1 Å². The van der Waals surface area contributed by atoms with E-state index in [-0.39, 0.29) is 17.3 Å². The van der Waals surface area contributed by atoms with Crippen molar-refractivity contribution in [3.05, 3.63) is 58.4 Å². The number of para-hydroxylation sites is 2. The molecule has 0 radical (unpaired) electrons. The number of aromatic amines is 2. The first-order valence-corrected chi connectivity index (χ1v) is 9.85. The van der Waals surface area contributed by atoms with Crippen LogP contribution in [0, 0.1) is 0 Å². The fourth-order valence-electron chi connectivity index (χ4n) is 3.40. The number of likely N-dealkylation sites (N-methyl/N-ethyl adjacent to an activating group) is 1. The van der Waals surface area contributed by atoms with Crippen LogP contribution in [0.1, 0.15) is 5.56 Å². The first kappa shape index (κ1) is 20.4. The second kappa shape index (κ2) is 8.49. The molecule has 0 bridgehead atoms. The Morgan fingerprint density at radius 2 is 2.00 bits per heavy atom. The summed E-state index contributed by atoms with van der Waals surface area (Å²) in [5.41, 5.74) is 10.2. The molecule has 4 aromatic rings. The Morgan fingerprint density at radius 1 is 1.19 bits per heavy atom. The topological polar surface area (TPSA) is 129 Å². The summed E-state index contributed by atoms with van der Waals surface area (Å²) in [5, 5.41) is 3.64. The summed E-state index contributed by atoms with van der Waals surface area (Å²) in [6.07, 6.45) is 0. The number of nitrogens with zero attached hydrogens (tertiary/aromatic N) is 2. The van der Waals surface area contributed by atoms with Gasteiger partial charge in [0.1, 0.15) is 0 Å². The Balaban J connectivity index is 1.61. The van der Waals surface area contributed by atoms with Crippen molar-refractivity contribution < 1.29 is 9.53 Å². The number of carbonyl (C=O) groups is 1. The lowest BCUT2D eigenvalue weighted by atomic mass is 10.1. The van der Waals surface area contributed by atoms with Gasteiger partial charge >= 0.3 is 6.03 Å². The predicted molar refractivity (Wildman–Crippen MR) is 121 cm³/mol. The van der Waals surface area contributed by atoms with Crippen LogP contribution in [0.4, 0.5) is 10.5 Å². The molecule has 2 amide bonds. The van der Waals surface area contributed by atoms with Gasteiger partial charge in [-0.05, 0) is 29.8 Å². The monoisotopic (exact) mass is 420 g/mol. The number of nitrogens with one attached hydrogen (secondary N) is 3. The molecule has 2 aromatic carbocycles. The maximum atomic E-state index is 12.6. The molecule has 9 nitrogen and oxygen atoms in total. The zero-order chi connectivity index (χ0) is 22.0. The summed E-state index contributed by atoms with van der Waals surface area (Å²) in [5.74, 6) is 0. The number of hydrogen-bond acceptors (Lipinski definition) is 5. The van der Waals surface area contributed by atoms with Gasteiger partial charge < -0.3 is 30.7 Å². The molecule has 0 atom stereocenters. The quantitative estimate of drug-likeness (QED) is 0.381. The van der Waals surface area contributed by atoms with Crippen molar-refractivity contribution in [2.75, 3.05) is 33.0 Å². The number of H-pyrrole nitrogens is 2. The number of urea groups is 1. The van der Waals surface area contributed by atoms with E-state index in [4.69, 9.17) is 10.5 Å². The van der Waals surface area contributed by atoms with Gasteiger partial charge in [-0.15, -0.1) is 0 Å². The molecule has 0 aliphatic carbocycles. The van der Waals surface area contributed by atoms with Crippen LogP contribution in [0.25, 0.3) is 33.3 Å². The van der Waals surface area contributed by atoms with Gasteiger partial charge in [0, 0.05) is 38.1 Å². The number of amides is 2. The number of ether oxygens (including phenoxy) is 1. The van der Waals surface area contributed by atoms with Crippen LogP contribution in [0.3, 0.4) is 0 Å². The lowest BCUT2D eigenvalue weighted by molar-refractivity contribution is 0.159. The van der Waals surface area contributed by atoms with E-state index < -0.39 is 0 Å². The summed E-state index contributed by atoms with van der Waals surface area (Å²) in [6, 6.07) is 12.8. The van der Waals surface area contributed by atoms with Gasteiger partial charge in [0.25, 0.3) is 5.56 Å². The normalized spacial score (nSPS) is 11.2. The second-order valence-corrected chi connectivity index (χ2v) is 7.30. The van der Waals surface area contributed by atoms with Gasteiger partial charge in [0.2, 0.25) is 0 Å². The third-order valence-electron chi connectivity index (χ3n) is 5.16. The maximum absolute atomic E-state index is 12.6. The molecular weight excluding hydrogens is 396 g/mol. The number of benzene rings is 2. The molecule has 0 saturated heterocycles. The molecular formula is C22H24N6O3. The molecule has 0 fully saturated rings. The highest BCUT2D eigenvalue weighted by molar-refractivity contribution is 6.00. The molecule has 160 valence electrons. The molecule has 9 heteroatoms. The Bertz CT molecular complexity index is 1310. The number of aromatic nitrogens is 3. The number of carbonyl (C=O) groups excluding carboxylic acids is 1. The van der Waals surface area contributed by atoms with Crippen molar-refractivity contribution in [2.24, 2.45) is 0 Å². The van der Waals surface area contributed by atoms with E-state index >= 15 is 0 Å². The van der Waals surface area contributed by atoms with Crippen molar-refractivity contribution in [3.63, 3.8) is 0 Å². The number of hydrogen-bond donors (Lipinski definition) is 4. The van der Waals surface area contributed by atoms with Crippen molar-refractivity contribution >= 4 is 33.7 Å². The van der Waals surface area contributed by atoms with E-state index in [1.807, 2.05) is 36.4 Å². The summed E-state index contributed by atoms with van der Waals surface area (Å²) in [7, 11) is 3.31. The molecule has 0 aliphatic rings. The van der Waals surface area contributed by atoms with Crippen LogP contribution in [0.2, 0.25) is 0 Å². The summed E-state index contributed by atoms with van der Waals surface area (Å²) in [4.78, 5) is 36.9. The van der Waals surface area contributed by atoms with Crippen LogP contribution >= 0.6 is 0 Å². The van der Waals surface area contributed by atoms with Crippen LogP contribution in [-0.2, 0) is 11.3 Å². The summed E-state index contributed by atoms with van der Waals surface area (Å²) < 4.78 is 4.99. The average molecular weight is 420 g/mol. The second-order valence-electron chi connectivity index (χ2n) is 7.30. The number of fused-ring (bicyclic) bond motifs is 2. The first-order valence-electron chi connectivity index (χ1n) is 9.85. The Morgan fingerprint density at radius 3 is 2.81 bits per heavy atom. The number of nitrogens with two attached hydrogens (primary N) is 1. The van der Waals surface area contributed by atoms with Gasteiger partial charge in [-0.25, -0.2) is 9.78 Å². The van der Waals surface area contributed by atoms with Gasteiger partial charge in [-0.3, -0.25) is 4.79 Å².